The van der Waals surface area contributed by atoms with Gasteiger partial charge in [-0.05, 0) is 73.4 Å². The molecule has 0 unspecified atom stereocenters. The first-order valence-corrected chi connectivity index (χ1v) is 9.86. The van der Waals surface area contributed by atoms with E-state index < -0.39 is 0 Å². The first-order chi connectivity index (χ1) is 14.0. The molecule has 3 aromatic rings. The molecule has 150 valence electrons. The van der Waals surface area contributed by atoms with Gasteiger partial charge >= 0.3 is 0 Å². The molecule has 6 heteroatoms. The van der Waals surface area contributed by atoms with Crippen LogP contribution < -0.4 is 15.0 Å². The van der Waals surface area contributed by atoms with Gasteiger partial charge in [-0.15, -0.1) is 0 Å². The van der Waals surface area contributed by atoms with Gasteiger partial charge in [0.2, 0.25) is 0 Å². The largest absolute Gasteiger partial charge is 0.497 e. The molecule has 1 fully saturated rings. The molecule has 2 aromatic carbocycles. The number of carbonyl (C=O) groups excluding carboxylic acids is 1. The molecule has 6 nitrogen and oxygen atoms in total. The summed E-state index contributed by atoms with van der Waals surface area (Å²) in [6.07, 6.45) is 0.904. The van der Waals surface area contributed by atoms with Gasteiger partial charge in [-0.1, -0.05) is 6.07 Å². The first kappa shape index (κ1) is 19.1. The maximum Gasteiger partial charge on any atom is 0.251 e. The molecule has 2 heterocycles. The van der Waals surface area contributed by atoms with Crippen molar-refractivity contribution < 1.29 is 9.53 Å². The minimum absolute atomic E-state index is 0.0131. The van der Waals surface area contributed by atoms with Crippen LogP contribution in [0, 0.1) is 13.8 Å². The SMILES string of the molecule is COc1ccc(-c2cc(N3CC[C@@H](NC(=O)c4ccc(C)c(C)c4)C3)n[nH]2)cc1. The van der Waals surface area contributed by atoms with Crippen LogP contribution in [-0.2, 0) is 0 Å². The number of ether oxygens (including phenoxy) is 1. The van der Waals surface area contributed by atoms with E-state index in [9.17, 15) is 4.79 Å². The second-order valence-corrected chi connectivity index (χ2v) is 7.57. The molecule has 4 rings (SSSR count). The lowest BCUT2D eigenvalue weighted by molar-refractivity contribution is 0.0940. The number of carbonyl (C=O) groups is 1. The van der Waals surface area contributed by atoms with Crippen molar-refractivity contribution in [3.63, 3.8) is 0 Å². The zero-order chi connectivity index (χ0) is 20.4. The average Bonchev–Trinajstić information content (AvgIpc) is 3.39. The Morgan fingerprint density at radius 3 is 2.66 bits per heavy atom. The van der Waals surface area contributed by atoms with Crippen molar-refractivity contribution in [2.24, 2.45) is 0 Å². The minimum Gasteiger partial charge on any atom is -0.497 e. The number of H-pyrrole nitrogens is 1. The van der Waals surface area contributed by atoms with Crippen molar-refractivity contribution in [3.05, 3.63) is 65.2 Å². The summed E-state index contributed by atoms with van der Waals surface area (Å²) in [6.45, 7) is 5.70. The fraction of sp³-hybridized carbons (Fsp3) is 0.304. The highest BCUT2D eigenvalue weighted by Gasteiger charge is 2.26. The number of benzene rings is 2. The number of aromatic amines is 1. The van der Waals surface area contributed by atoms with E-state index in [1.165, 1.54) is 5.56 Å². The van der Waals surface area contributed by atoms with Gasteiger partial charge in [0.15, 0.2) is 5.82 Å². The summed E-state index contributed by atoms with van der Waals surface area (Å²) in [5.74, 6) is 1.72. The van der Waals surface area contributed by atoms with Crippen LogP contribution in [0.15, 0.2) is 48.5 Å². The van der Waals surface area contributed by atoms with Crippen LogP contribution in [0.5, 0.6) is 5.75 Å². The van der Waals surface area contributed by atoms with Gasteiger partial charge in [0.05, 0.1) is 12.8 Å². The van der Waals surface area contributed by atoms with Gasteiger partial charge in [-0.2, -0.15) is 5.10 Å². The molecule has 1 aromatic heterocycles. The zero-order valence-corrected chi connectivity index (χ0v) is 17.0. The lowest BCUT2D eigenvalue weighted by atomic mass is 10.1. The molecule has 1 aliphatic heterocycles. The standard InChI is InChI=1S/C23H26N4O2/c1-15-4-5-18(12-16(15)2)23(28)24-19-10-11-27(14-19)22-13-21(25-26-22)17-6-8-20(29-3)9-7-17/h4-9,12-13,19H,10-11,14H2,1-3H3,(H,24,28)(H,25,26)/t19-/m1/s1. The second-order valence-electron chi connectivity index (χ2n) is 7.57. The van der Waals surface area contributed by atoms with Crippen molar-refractivity contribution in [1.29, 1.82) is 0 Å². The van der Waals surface area contributed by atoms with Gasteiger partial charge in [0, 0.05) is 30.8 Å². The van der Waals surface area contributed by atoms with E-state index in [0.29, 0.717) is 5.56 Å². The van der Waals surface area contributed by atoms with Crippen LogP contribution in [0.1, 0.15) is 27.9 Å². The Morgan fingerprint density at radius 1 is 1.14 bits per heavy atom. The second kappa shape index (κ2) is 7.99. The van der Waals surface area contributed by atoms with Gasteiger partial charge in [-0.25, -0.2) is 0 Å². The molecule has 1 atom stereocenters. The maximum absolute atomic E-state index is 12.6. The van der Waals surface area contributed by atoms with E-state index >= 15 is 0 Å². The van der Waals surface area contributed by atoms with Crippen LogP contribution >= 0.6 is 0 Å². The number of hydrogen-bond donors (Lipinski definition) is 2. The molecule has 0 bridgehead atoms. The Balaban J connectivity index is 1.39. The molecule has 0 spiro atoms. The van der Waals surface area contributed by atoms with Crippen LogP contribution in [-0.4, -0.2) is 42.3 Å². The fourth-order valence-electron chi connectivity index (χ4n) is 3.63. The highest BCUT2D eigenvalue weighted by Crippen LogP contribution is 2.26. The Hall–Kier alpha value is -3.28. The highest BCUT2D eigenvalue weighted by molar-refractivity contribution is 5.94. The minimum atomic E-state index is -0.0131. The lowest BCUT2D eigenvalue weighted by Crippen LogP contribution is -2.37. The van der Waals surface area contributed by atoms with E-state index in [-0.39, 0.29) is 11.9 Å². The average molecular weight is 390 g/mol. The molecule has 0 radical (unpaired) electrons. The molecule has 29 heavy (non-hydrogen) atoms. The summed E-state index contributed by atoms with van der Waals surface area (Å²) < 4.78 is 5.21. The zero-order valence-electron chi connectivity index (χ0n) is 17.0. The molecule has 1 saturated heterocycles. The topological polar surface area (TPSA) is 70.2 Å². The van der Waals surface area contributed by atoms with Crippen LogP contribution in [0.4, 0.5) is 5.82 Å². The molecule has 0 aliphatic carbocycles. The smallest absolute Gasteiger partial charge is 0.251 e. The first-order valence-electron chi connectivity index (χ1n) is 9.86. The van der Waals surface area contributed by atoms with Crippen molar-refractivity contribution >= 4 is 11.7 Å². The number of rotatable bonds is 5. The Morgan fingerprint density at radius 2 is 1.93 bits per heavy atom. The molecule has 2 N–H and O–H groups in total. The predicted molar refractivity (Wildman–Crippen MR) is 115 cm³/mol. The number of methoxy groups -OCH3 is 1. The fourth-order valence-corrected chi connectivity index (χ4v) is 3.63. The van der Waals surface area contributed by atoms with Crippen molar-refractivity contribution in [2.75, 3.05) is 25.1 Å². The third kappa shape index (κ3) is 4.11. The quantitative estimate of drug-likeness (QED) is 0.697. The normalized spacial score (nSPS) is 16.1. The molecule has 1 aliphatic rings. The maximum atomic E-state index is 12.6. The van der Waals surface area contributed by atoms with E-state index in [2.05, 4.69) is 33.4 Å². The molecular formula is C23H26N4O2. The van der Waals surface area contributed by atoms with Crippen LogP contribution in [0.25, 0.3) is 11.3 Å². The monoisotopic (exact) mass is 390 g/mol. The Bertz CT molecular complexity index is 1010. The number of amides is 1. The third-order valence-corrected chi connectivity index (χ3v) is 5.58. The summed E-state index contributed by atoms with van der Waals surface area (Å²) in [5, 5.41) is 10.7. The van der Waals surface area contributed by atoms with Gasteiger partial charge in [-0.3, -0.25) is 9.89 Å². The Kier molecular flexibility index (Phi) is 5.25. The van der Waals surface area contributed by atoms with Crippen molar-refractivity contribution in [3.8, 4) is 17.0 Å². The van der Waals surface area contributed by atoms with E-state index in [0.717, 1.165) is 47.9 Å². The summed E-state index contributed by atoms with van der Waals surface area (Å²) >= 11 is 0. The number of aryl methyl sites for hydroxylation is 2. The van der Waals surface area contributed by atoms with E-state index in [4.69, 9.17) is 4.74 Å². The summed E-state index contributed by atoms with van der Waals surface area (Å²) in [6, 6.07) is 15.9. The number of hydrogen-bond acceptors (Lipinski definition) is 4. The van der Waals surface area contributed by atoms with Gasteiger partial charge in [0.25, 0.3) is 5.91 Å². The summed E-state index contributed by atoms with van der Waals surface area (Å²) in [4.78, 5) is 14.8. The van der Waals surface area contributed by atoms with Gasteiger partial charge in [0.1, 0.15) is 5.75 Å². The predicted octanol–water partition coefficient (Wildman–Crippen LogP) is 3.71. The van der Waals surface area contributed by atoms with Crippen LogP contribution in [0.2, 0.25) is 0 Å². The van der Waals surface area contributed by atoms with E-state index in [1.54, 1.807) is 7.11 Å². The summed E-state index contributed by atoms with van der Waals surface area (Å²) in [5.41, 5.74) is 5.06. The van der Waals surface area contributed by atoms with E-state index in [1.807, 2.05) is 49.4 Å². The molecular weight excluding hydrogens is 364 g/mol. The molecule has 1 amide bonds. The van der Waals surface area contributed by atoms with Crippen molar-refractivity contribution in [2.45, 2.75) is 26.3 Å². The van der Waals surface area contributed by atoms with Gasteiger partial charge < -0.3 is 15.0 Å². The number of aromatic nitrogens is 2. The highest BCUT2D eigenvalue weighted by atomic mass is 16.5. The number of nitrogens with zero attached hydrogens (tertiary/aromatic N) is 2. The van der Waals surface area contributed by atoms with Crippen molar-refractivity contribution in [1.82, 2.24) is 15.5 Å². The molecule has 0 saturated carbocycles. The summed E-state index contributed by atoms with van der Waals surface area (Å²) in [7, 11) is 1.66. The van der Waals surface area contributed by atoms with Crippen LogP contribution in [0.3, 0.4) is 0 Å². The number of anilines is 1. The third-order valence-electron chi connectivity index (χ3n) is 5.58. The lowest BCUT2D eigenvalue weighted by Gasteiger charge is -2.16. The number of nitrogens with one attached hydrogen (secondary N) is 2. The Labute approximate surface area is 170 Å².